The predicted octanol–water partition coefficient (Wildman–Crippen LogP) is 1.97. The van der Waals surface area contributed by atoms with E-state index in [1.54, 1.807) is 0 Å². The summed E-state index contributed by atoms with van der Waals surface area (Å²) in [6.45, 7) is -0.0827. The van der Waals surface area contributed by atoms with Crippen LogP contribution in [-0.2, 0) is 10.0 Å². The number of aliphatic hydroxyl groups excluding tert-OH is 1. The van der Waals surface area contributed by atoms with Crippen molar-refractivity contribution in [3.8, 4) is 0 Å². The van der Waals surface area contributed by atoms with Crippen molar-refractivity contribution in [3.05, 3.63) is 35.6 Å². The van der Waals surface area contributed by atoms with Crippen LogP contribution in [0.15, 0.2) is 24.3 Å². The van der Waals surface area contributed by atoms with E-state index in [2.05, 4.69) is 4.72 Å². The van der Waals surface area contributed by atoms with Crippen LogP contribution in [0, 0.1) is 11.7 Å². The number of sulfonamides is 1. The Bertz CT molecular complexity index is 524. The average molecular weight is 301 g/mol. The van der Waals surface area contributed by atoms with Gasteiger partial charge < -0.3 is 5.11 Å². The van der Waals surface area contributed by atoms with Crippen molar-refractivity contribution in [1.82, 2.24) is 4.72 Å². The first-order valence-electron chi connectivity index (χ1n) is 6.87. The highest BCUT2D eigenvalue weighted by Crippen LogP contribution is 2.25. The third-order valence-corrected chi connectivity index (χ3v) is 5.20. The highest BCUT2D eigenvalue weighted by molar-refractivity contribution is 7.89. The van der Waals surface area contributed by atoms with Gasteiger partial charge in [0.1, 0.15) is 5.82 Å². The van der Waals surface area contributed by atoms with Gasteiger partial charge >= 0.3 is 0 Å². The monoisotopic (exact) mass is 301 g/mol. The highest BCUT2D eigenvalue weighted by atomic mass is 32.2. The lowest BCUT2D eigenvalue weighted by Crippen LogP contribution is -2.32. The predicted molar refractivity (Wildman–Crippen MR) is 75.1 cm³/mol. The zero-order valence-electron chi connectivity index (χ0n) is 11.3. The Hall–Kier alpha value is -0.980. The van der Waals surface area contributed by atoms with Crippen LogP contribution in [0.25, 0.3) is 0 Å². The quantitative estimate of drug-likeness (QED) is 0.844. The molecule has 1 saturated carbocycles. The molecule has 0 amide bonds. The van der Waals surface area contributed by atoms with Gasteiger partial charge in [-0.2, -0.15) is 0 Å². The molecular weight excluding hydrogens is 281 g/mol. The van der Waals surface area contributed by atoms with E-state index in [0.717, 1.165) is 25.7 Å². The summed E-state index contributed by atoms with van der Waals surface area (Å²) in [6.07, 6.45) is 3.15. The van der Waals surface area contributed by atoms with E-state index in [-0.39, 0.29) is 24.0 Å². The molecule has 0 saturated heterocycles. The van der Waals surface area contributed by atoms with Crippen molar-refractivity contribution in [2.75, 3.05) is 12.3 Å². The number of halogens is 1. The summed E-state index contributed by atoms with van der Waals surface area (Å²) in [4.78, 5) is 0. The van der Waals surface area contributed by atoms with Crippen molar-refractivity contribution < 1.29 is 17.9 Å². The molecule has 1 fully saturated rings. The molecule has 0 aromatic heterocycles. The molecule has 1 aliphatic rings. The first-order chi connectivity index (χ1) is 9.46. The number of benzene rings is 1. The van der Waals surface area contributed by atoms with Crippen LogP contribution in [-0.4, -0.2) is 25.8 Å². The van der Waals surface area contributed by atoms with E-state index in [1.165, 1.54) is 24.3 Å². The Morgan fingerprint density at radius 3 is 2.45 bits per heavy atom. The fraction of sp³-hybridized carbons (Fsp3) is 0.571. The van der Waals surface area contributed by atoms with Crippen LogP contribution in [0.1, 0.15) is 37.4 Å². The molecule has 112 valence electrons. The van der Waals surface area contributed by atoms with Crippen LogP contribution in [0.3, 0.4) is 0 Å². The molecule has 20 heavy (non-hydrogen) atoms. The maximum Gasteiger partial charge on any atom is 0.211 e. The molecule has 4 nitrogen and oxygen atoms in total. The highest BCUT2D eigenvalue weighted by Gasteiger charge is 2.23. The second-order valence-electron chi connectivity index (χ2n) is 5.35. The topological polar surface area (TPSA) is 66.4 Å². The molecule has 1 aliphatic carbocycles. The van der Waals surface area contributed by atoms with E-state index >= 15 is 0 Å². The number of rotatable bonds is 6. The number of aliphatic hydroxyl groups is 1. The summed E-state index contributed by atoms with van der Waals surface area (Å²) in [5.74, 6) is -0.0263. The van der Waals surface area contributed by atoms with Gasteiger partial charge in [0, 0.05) is 6.54 Å². The van der Waals surface area contributed by atoms with Crippen molar-refractivity contribution in [2.45, 2.75) is 31.8 Å². The van der Waals surface area contributed by atoms with Crippen molar-refractivity contribution in [3.63, 3.8) is 0 Å². The molecule has 1 atom stereocenters. The lowest BCUT2D eigenvalue weighted by Gasteiger charge is -2.14. The fourth-order valence-electron chi connectivity index (χ4n) is 2.55. The normalized spacial score (nSPS) is 18.3. The van der Waals surface area contributed by atoms with Crippen LogP contribution in [0.4, 0.5) is 4.39 Å². The van der Waals surface area contributed by atoms with Gasteiger partial charge in [-0.05, 0) is 36.5 Å². The van der Waals surface area contributed by atoms with Crippen molar-refractivity contribution >= 4 is 10.0 Å². The zero-order chi connectivity index (χ0) is 14.6. The first kappa shape index (κ1) is 15.4. The minimum absolute atomic E-state index is 0.0827. The summed E-state index contributed by atoms with van der Waals surface area (Å²) < 4.78 is 39.0. The molecular formula is C14H20FNO3S. The summed E-state index contributed by atoms with van der Waals surface area (Å²) >= 11 is 0. The van der Waals surface area contributed by atoms with E-state index in [9.17, 15) is 17.9 Å². The van der Waals surface area contributed by atoms with Gasteiger partial charge in [-0.3, -0.25) is 0 Å². The van der Waals surface area contributed by atoms with Gasteiger partial charge in [-0.1, -0.05) is 25.0 Å². The summed E-state index contributed by atoms with van der Waals surface area (Å²) in [7, 11) is -3.36. The molecule has 0 aliphatic heterocycles. The fourth-order valence-corrected chi connectivity index (χ4v) is 4.04. The Balaban J connectivity index is 1.85. The lowest BCUT2D eigenvalue weighted by atomic mass is 10.1. The van der Waals surface area contributed by atoms with E-state index in [0.29, 0.717) is 5.56 Å². The minimum atomic E-state index is -3.36. The van der Waals surface area contributed by atoms with Crippen molar-refractivity contribution in [1.29, 1.82) is 0 Å². The van der Waals surface area contributed by atoms with E-state index in [1.807, 2.05) is 0 Å². The average Bonchev–Trinajstić information content (AvgIpc) is 2.89. The number of hydrogen-bond donors (Lipinski definition) is 2. The summed E-state index contributed by atoms with van der Waals surface area (Å²) in [5.41, 5.74) is 0.495. The van der Waals surface area contributed by atoms with Gasteiger partial charge in [0.15, 0.2) is 0 Å². The molecule has 2 rings (SSSR count). The van der Waals surface area contributed by atoms with Crippen LogP contribution in [0.5, 0.6) is 0 Å². The maximum absolute atomic E-state index is 12.8. The van der Waals surface area contributed by atoms with Crippen LogP contribution in [0.2, 0.25) is 0 Å². The van der Waals surface area contributed by atoms with Gasteiger partial charge in [-0.15, -0.1) is 0 Å². The molecule has 2 N–H and O–H groups in total. The third kappa shape index (κ3) is 4.54. The minimum Gasteiger partial charge on any atom is -0.387 e. The third-order valence-electron chi connectivity index (χ3n) is 3.68. The van der Waals surface area contributed by atoms with Gasteiger partial charge in [-0.25, -0.2) is 17.5 Å². The molecule has 0 radical (unpaired) electrons. The number of hydrogen-bond acceptors (Lipinski definition) is 3. The molecule has 6 heteroatoms. The maximum atomic E-state index is 12.8. The second kappa shape index (κ2) is 6.65. The van der Waals surface area contributed by atoms with Gasteiger partial charge in [0.25, 0.3) is 0 Å². The second-order valence-corrected chi connectivity index (χ2v) is 7.20. The summed E-state index contributed by atoms with van der Waals surface area (Å²) in [5, 5.41) is 9.89. The first-order valence-corrected chi connectivity index (χ1v) is 8.52. The molecule has 1 aromatic rings. The smallest absolute Gasteiger partial charge is 0.211 e. The van der Waals surface area contributed by atoms with E-state index in [4.69, 9.17) is 0 Å². The van der Waals surface area contributed by atoms with Crippen molar-refractivity contribution in [2.24, 2.45) is 5.92 Å². The van der Waals surface area contributed by atoms with E-state index < -0.39 is 16.1 Å². The molecule has 0 spiro atoms. The molecule has 1 aromatic carbocycles. The Labute approximate surface area is 119 Å². The lowest BCUT2D eigenvalue weighted by molar-refractivity contribution is 0.182. The number of nitrogens with one attached hydrogen (secondary N) is 1. The largest absolute Gasteiger partial charge is 0.387 e. The SMILES string of the molecule is O=S(=O)(CC1CCCC1)NCC(O)c1ccc(F)cc1. The zero-order valence-corrected chi connectivity index (χ0v) is 12.1. The molecule has 1 unspecified atom stereocenters. The molecule has 0 heterocycles. The Morgan fingerprint density at radius 2 is 1.85 bits per heavy atom. The summed E-state index contributed by atoms with van der Waals surface area (Å²) in [6, 6.07) is 5.38. The van der Waals surface area contributed by atoms with Crippen LogP contribution < -0.4 is 4.72 Å². The Morgan fingerprint density at radius 1 is 1.25 bits per heavy atom. The standard InChI is InChI=1S/C14H20FNO3S/c15-13-7-5-12(6-8-13)14(17)9-16-20(18,19)10-11-3-1-2-4-11/h5-8,11,14,16-17H,1-4,9-10H2. The van der Waals surface area contributed by atoms with Gasteiger partial charge in [0.2, 0.25) is 10.0 Å². The molecule has 0 bridgehead atoms. The van der Waals surface area contributed by atoms with Gasteiger partial charge in [0.05, 0.1) is 11.9 Å². The Kier molecular flexibility index (Phi) is 5.12. The van der Waals surface area contributed by atoms with Crippen LogP contribution >= 0.6 is 0 Å².